The molecule has 0 amide bonds. The van der Waals surface area contributed by atoms with E-state index in [1.807, 2.05) is 0 Å². The SMILES string of the molecule is CC1CCCC(CNS(=O)(=O)c2cc(N)c(Br)cc2F)C1. The van der Waals surface area contributed by atoms with Crippen LogP contribution in [0, 0.1) is 17.7 Å². The first kappa shape index (κ1) is 16.7. The molecule has 1 saturated carbocycles. The zero-order chi connectivity index (χ0) is 15.6. The Hall–Kier alpha value is -0.660. The maximum Gasteiger partial charge on any atom is 0.243 e. The van der Waals surface area contributed by atoms with E-state index in [-0.39, 0.29) is 5.69 Å². The quantitative estimate of drug-likeness (QED) is 0.789. The van der Waals surface area contributed by atoms with Gasteiger partial charge in [0, 0.05) is 16.7 Å². The van der Waals surface area contributed by atoms with Crippen LogP contribution in [0.3, 0.4) is 0 Å². The molecule has 0 aliphatic heterocycles. The Kier molecular flexibility index (Phi) is 5.27. The maximum absolute atomic E-state index is 13.8. The van der Waals surface area contributed by atoms with Crippen molar-refractivity contribution in [2.45, 2.75) is 37.5 Å². The summed E-state index contributed by atoms with van der Waals surface area (Å²) in [5.41, 5.74) is 5.83. The van der Waals surface area contributed by atoms with E-state index >= 15 is 0 Å². The lowest BCUT2D eigenvalue weighted by Crippen LogP contribution is -2.32. The Morgan fingerprint density at radius 2 is 2.14 bits per heavy atom. The average Bonchev–Trinajstić information content (AvgIpc) is 2.41. The summed E-state index contributed by atoms with van der Waals surface area (Å²) in [4.78, 5) is -0.396. The predicted molar refractivity (Wildman–Crippen MR) is 84.8 cm³/mol. The van der Waals surface area contributed by atoms with Crippen LogP contribution in [0.25, 0.3) is 0 Å². The van der Waals surface area contributed by atoms with Gasteiger partial charge in [0.2, 0.25) is 10.0 Å². The molecular weight excluding hydrogens is 359 g/mol. The summed E-state index contributed by atoms with van der Waals surface area (Å²) in [6.07, 6.45) is 4.33. The zero-order valence-electron chi connectivity index (χ0n) is 11.9. The number of nitrogens with two attached hydrogens (primary N) is 1. The smallest absolute Gasteiger partial charge is 0.243 e. The van der Waals surface area contributed by atoms with E-state index < -0.39 is 20.7 Å². The van der Waals surface area contributed by atoms with Crippen molar-refractivity contribution in [3.05, 3.63) is 22.4 Å². The summed E-state index contributed by atoms with van der Waals surface area (Å²) in [7, 11) is -3.87. The molecule has 0 aromatic heterocycles. The van der Waals surface area contributed by atoms with Gasteiger partial charge in [0.1, 0.15) is 10.7 Å². The minimum atomic E-state index is -3.87. The van der Waals surface area contributed by atoms with Crippen LogP contribution >= 0.6 is 15.9 Å². The van der Waals surface area contributed by atoms with Crippen molar-refractivity contribution in [2.24, 2.45) is 11.8 Å². The van der Waals surface area contributed by atoms with E-state index in [1.165, 1.54) is 6.42 Å². The number of hydrogen-bond acceptors (Lipinski definition) is 3. The van der Waals surface area contributed by atoms with Gasteiger partial charge in [-0.1, -0.05) is 19.8 Å². The number of rotatable bonds is 4. The van der Waals surface area contributed by atoms with Crippen LogP contribution in [-0.2, 0) is 10.0 Å². The molecule has 4 nitrogen and oxygen atoms in total. The largest absolute Gasteiger partial charge is 0.398 e. The molecule has 1 aromatic carbocycles. The van der Waals surface area contributed by atoms with Crippen LogP contribution in [-0.4, -0.2) is 15.0 Å². The van der Waals surface area contributed by atoms with Crippen LogP contribution in [0.15, 0.2) is 21.5 Å². The monoisotopic (exact) mass is 378 g/mol. The summed E-state index contributed by atoms with van der Waals surface area (Å²) in [6, 6.07) is 2.22. The van der Waals surface area contributed by atoms with Gasteiger partial charge in [-0.25, -0.2) is 17.5 Å². The first-order valence-corrected chi connectivity index (χ1v) is 9.31. The fraction of sp³-hybridized carbons (Fsp3) is 0.571. The normalized spacial score (nSPS) is 23.2. The third-order valence-corrected chi connectivity index (χ3v) is 6.07. The Morgan fingerprint density at radius 1 is 1.43 bits per heavy atom. The highest BCUT2D eigenvalue weighted by atomic mass is 79.9. The Bertz CT molecular complexity index is 622. The second kappa shape index (κ2) is 6.62. The molecule has 2 unspecified atom stereocenters. The number of nitrogens with one attached hydrogen (secondary N) is 1. The number of hydrogen-bond donors (Lipinski definition) is 2. The molecule has 7 heteroatoms. The zero-order valence-corrected chi connectivity index (χ0v) is 14.3. The van der Waals surface area contributed by atoms with Gasteiger partial charge in [0.25, 0.3) is 0 Å². The van der Waals surface area contributed by atoms with Crippen molar-refractivity contribution in [1.29, 1.82) is 0 Å². The van der Waals surface area contributed by atoms with Crippen molar-refractivity contribution < 1.29 is 12.8 Å². The molecule has 0 bridgehead atoms. The summed E-state index contributed by atoms with van der Waals surface area (Å²) < 4.78 is 41.1. The summed E-state index contributed by atoms with van der Waals surface area (Å²) in [5.74, 6) is 0.133. The molecule has 0 spiro atoms. The van der Waals surface area contributed by atoms with Crippen molar-refractivity contribution >= 4 is 31.6 Å². The van der Waals surface area contributed by atoms with Gasteiger partial charge in [-0.2, -0.15) is 0 Å². The minimum absolute atomic E-state index is 0.197. The number of halogens is 2. The second-order valence-corrected chi connectivity index (χ2v) is 8.38. The van der Waals surface area contributed by atoms with Crippen molar-refractivity contribution in [1.82, 2.24) is 4.72 Å². The van der Waals surface area contributed by atoms with Gasteiger partial charge in [0.15, 0.2) is 0 Å². The number of nitrogen functional groups attached to an aromatic ring is 1. The van der Waals surface area contributed by atoms with E-state index in [0.717, 1.165) is 31.4 Å². The Labute approximate surface area is 133 Å². The second-order valence-electron chi connectivity index (χ2n) is 5.79. The van der Waals surface area contributed by atoms with Gasteiger partial charge in [0.05, 0.1) is 0 Å². The highest BCUT2D eigenvalue weighted by Gasteiger charge is 2.24. The van der Waals surface area contributed by atoms with E-state index in [1.54, 1.807) is 0 Å². The molecule has 1 fully saturated rings. The lowest BCUT2D eigenvalue weighted by Gasteiger charge is -2.26. The van der Waals surface area contributed by atoms with Gasteiger partial charge in [-0.3, -0.25) is 0 Å². The topological polar surface area (TPSA) is 72.2 Å². The average molecular weight is 379 g/mol. The van der Waals surface area contributed by atoms with Crippen LogP contribution < -0.4 is 10.5 Å². The van der Waals surface area contributed by atoms with E-state index in [4.69, 9.17) is 5.73 Å². The summed E-state index contributed by atoms with van der Waals surface area (Å²) in [5, 5.41) is 0. The van der Waals surface area contributed by atoms with Crippen LogP contribution in [0.1, 0.15) is 32.6 Å². The molecule has 2 atom stereocenters. The molecule has 1 aliphatic carbocycles. The van der Waals surface area contributed by atoms with Crippen molar-refractivity contribution in [3.63, 3.8) is 0 Å². The van der Waals surface area contributed by atoms with Gasteiger partial charge in [-0.05, 0) is 52.7 Å². The lowest BCUT2D eigenvalue weighted by molar-refractivity contribution is 0.283. The fourth-order valence-electron chi connectivity index (χ4n) is 2.80. The molecule has 118 valence electrons. The van der Waals surface area contributed by atoms with E-state index in [9.17, 15) is 12.8 Å². The molecule has 1 aliphatic rings. The molecule has 1 aromatic rings. The molecule has 2 rings (SSSR count). The lowest BCUT2D eigenvalue weighted by atomic mass is 9.83. The van der Waals surface area contributed by atoms with Gasteiger partial charge >= 0.3 is 0 Å². The third-order valence-electron chi connectivity index (χ3n) is 3.95. The Balaban J connectivity index is 2.10. The molecular formula is C14H20BrFN2O2S. The van der Waals surface area contributed by atoms with Gasteiger partial charge < -0.3 is 5.73 Å². The van der Waals surface area contributed by atoms with Crippen molar-refractivity contribution in [3.8, 4) is 0 Å². The summed E-state index contributed by atoms with van der Waals surface area (Å²) in [6.45, 7) is 2.53. The van der Waals surface area contributed by atoms with E-state index in [0.29, 0.717) is 22.9 Å². The minimum Gasteiger partial charge on any atom is -0.398 e. The highest BCUT2D eigenvalue weighted by molar-refractivity contribution is 9.10. The van der Waals surface area contributed by atoms with Crippen LogP contribution in [0.5, 0.6) is 0 Å². The first-order chi connectivity index (χ1) is 9.79. The van der Waals surface area contributed by atoms with E-state index in [2.05, 4.69) is 27.6 Å². The summed E-state index contributed by atoms with van der Waals surface area (Å²) >= 11 is 3.07. The molecule has 0 saturated heterocycles. The standard InChI is InChI=1S/C14H20BrFN2O2S/c1-9-3-2-4-10(5-9)8-18-21(19,20)14-7-13(17)11(15)6-12(14)16/h6-7,9-10,18H,2-5,8,17H2,1H3. The number of anilines is 1. The van der Waals surface area contributed by atoms with Crippen LogP contribution in [0.2, 0.25) is 0 Å². The maximum atomic E-state index is 13.8. The van der Waals surface area contributed by atoms with Gasteiger partial charge in [-0.15, -0.1) is 0 Å². The van der Waals surface area contributed by atoms with Crippen molar-refractivity contribution in [2.75, 3.05) is 12.3 Å². The molecule has 3 N–H and O–H groups in total. The molecule has 21 heavy (non-hydrogen) atoms. The highest BCUT2D eigenvalue weighted by Crippen LogP contribution is 2.29. The number of sulfonamides is 1. The third kappa shape index (κ3) is 4.17. The number of benzene rings is 1. The fourth-order valence-corrected chi connectivity index (χ4v) is 4.33. The molecule has 0 heterocycles. The predicted octanol–water partition coefficient (Wildman–Crippen LogP) is 3.28. The molecule has 0 radical (unpaired) electrons. The van der Waals surface area contributed by atoms with Crippen LogP contribution in [0.4, 0.5) is 10.1 Å². The first-order valence-electron chi connectivity index (χ1n) is 7.04. The Morgan fingerprint density at radius 3 is 2.81 bits per heavy atom.